The lowest BCUT2D eigenvalue weighted by molar-refractivity contribution is -0.137. The lowest BCUT2D eigenvalue weighted by Crippen LogP contribution is -2.38. The molecule has 0 bridgehead atoms. The van der Waals surface area contributed by atoms with Crippen LogP contribution in [0.4, 0.5) is 18.9 Å². The first-order valence-corrected chi connectivity index (χ1v) is 10.6. The van der Waals surface area contributed by atoms with Crippen molar-refractivity contribution >= 4 is 11.6 Å². The molecule has 7 nitrogen and oxygen atoms in total. The van der Waals surface area contributed by atoms with Crippen LogP contribution < -0.4 is 5.32 Å². The van der Waals surface area contributed by atoms with E-state index in [1.165, 1.54) is 23.4 Å². The van der Waals surface area contributed by atoms with Crippen molar-refractivity contribution in [3.8, 4) is 5.69 Å². The standard InChI is InChI=1S/C23H24F3N5O2/c24-23(25,26)18-8-9-21(31-16-27-15-28-31)20(11-18)29-22(32)14-30(13-19-7-4-10-33-19)12-17-5-2-1-3-6-17/h1-3,5-6,8-9,11,15-16,19H,4,7,10,12-14H2,(H,29,32). The molecule has 0 radical (unpaired) electrons. The van der Waals surface area contributed by atoms with E-state index in [4.69, 9.17) is 4.74 Å². The van der Waals surface area contributed by atoms with Crippen LogP contribution in [0.3, 0.4) is 0 Å². The topological polar surface area (TPSA) is 72.3 Å². The van der Waals surface area contributed by atoms with Gasteiger partial charge in [-0.3, -0.25) is 9.69 Å². The van der Waals surface area contributed by atoms with Gasteiger partial charge in [-0.05, 0) is 36.6 Å². The summed E-state index contributed by atoms with van der Waals surface area (Å²) in [5.41, 5.74) is 0.479. The zero-order valence-electron chi connectivity index (χ0n) is 17.8. The molecule has 1 aliphatic heterocycles. The third-order valence-corrected chi connectivity index (χ3v) is 5.37. The number of hydrogen-bond acceptors (Lipinski definition) is 5. The first-order chi connectivity index (χ1) is 15.9. The first-order valence-electron chi connectivity index (χ1n) is 10.6. The van der Waals surface area contributed by atoms with Gasteiger partial charge in [0, 0.05) is 19.7 Å². The molecular weight excluding hydrogens is 435 g/mol. The largest absolute Gasteiger partial charge is 0.416 e. The average molecular weight is 459 g/mol. The Morgan fingerprint density at radius 3 is 2.70 bits per heavy atom. The molecule has 0 saturated carbocycles. The van der Waals surface area contributed by atoms with Gasteiger partial charge in [-0.15, -0.1) is 0 Å². The molecule has 1 fully saturated rings. The first kappa shape index (κ1) is 22.9. The van der Waals surface area contributed by atoms with E-state index < -0.39 is 17.6 Å². The van der Waals surface area contributed by atoms with Crippen LogP contribution in [0.5, 0.6) is 0 Å². The minimum absolute atomic E-state index is 0.00178. The maximum Gasteiger partial charge on any atom is 0.416 e. The zero-order chi connectivity index (χ0) is 23.3. The summed E-state index contributed by atoms with van der Waals surface area (Å²) in [6.07, 6.45) is 0.00262. The number of anilines is 1. The van der Waals surface area contributed by atoms with Crippen molar-refractivity contribution in [2.75, 3.05) is 25.0 Å². The molecule has 3 aromatic rings. The van der Waals surface area contributed by atoms with Crippen LogP contribution in [0, 0.1) is 0 Å². The zero-order valence-corrected chi connectivity index (χ0v) is 17.8. The Bertz CT molecular complexity index is 1050. The minimum Gasteiger partial charge on any atom is -0.377 e. The predicted molar refractivity (Wildman–Crippen MR) is 116 cm³/mol. The number of alkyl halides is 3. The van der Waals surface area contributed by atoms with E-state index in [0.29, 0.717) is 25.4 Å². The quantitative estimate of drug-likeness (QED) is 0.553. The molecule has 1 aromatic heterocycles. The van der Waals surface area contributed by atoms with Crippen LogP contribution in [0.2, 0.25) is 0 Å². The Hall–Kier alpha value is -3.24. The molecule has 174 valence electrons. The van der Waals surface area contributed by atoms with Gasteiger partial charge in [-0.1, -0.05) is 30.3 Å². The Morgan fingerprint density at radius 2 is 2.03 bits per heavy atom. The molecule has 2 aromatic carbocycles. The van der Waals surface area contributed by atoms with E-state index >= 15 is 0 Å². The summed E-state index contributed by atoms with van der Waals surface area (Å²) in [6.45, 7) is 1.77. The van der Waals surface area contributed by atoms with Crippen LogP contribution in [-0.4, -0.2) is 51.4 Å². The summed E-state index contributed by atoms with van der Waals surface area (Å²) in [6, 6.07) is 12.8. The van der Waals surface area contributed by atoms with Gasteiger partial charge in [0.15, 0.2) is 0 Å². The van der Waals surface area contributed by atoms with Crippen LogP contribution in [0.1, 0.15) is 24.0 Å². The van der Waals surface area contributed by atoms with Gasteiger partial charge < -0.3 is 10.1 Å². The van der Waals surface area contributed by atoms with Gasteiger partial charge in [0.1, 0.15) is 12.7 Å². The van der Waals surface area contributed by atoms with Gasteiger partial charge >= 0.3 is 6.18 Å². The molecule has 0 aliphatic carbocycles. The van der Waals surface area contributed by atoms with Crippen LogP contribution in [0.25, 0.3) is 5.69 Å². The fourth-order valence-corrected chi connectivity index (χ4v) is 3.84. The summed E-state index contributed by atoms with van der Waals surface area (Å²) in [7, 11) is 0. The highest BCUT2D eigenvalue weighted by molar-refractivity contribution is 5.94. The van der Waals surface area contributed by atoms with E-state index in [1.807, 2.05) is 35.2 Å². The molecule has 1 atom stereocenters. The fourth-order valence-electron chi connectivity index (χ4n) is 3.84. The third-order valence-electron chi connectivity index (χ3n) is 5.37. The van der Waals surface area contributed by atoms with Crippen molar-refractivity contribution in [2.24, 2.45) is 0 Å². The fraction of sp³-hybridized carbons (Fsp3) is 0.348. The monoisotopic (exact) mass is 459 g/mol. The highest BCUT2D eigenvalue weighted by Crippen LogP contribution is 2.33. The van der Waals surface area contributed by atoms with Gasteiger partial charge in [0.05, 0.1) is 29.6 Å². The van der Waals surface area contributed by atoms with Crippen LogP contribution in [0.15, 0.2) is 61.2 Å². The number of carbonyl (C=O) groups excluding carboxylic acids is 1. The molecule has 0 spiro atoms. The van der Waals surface area contributed by atoms with Crippen LogP contribution in [-0.2, 0) is 22.3 Å². The highest BCUT2D eigenvalue weighted by Gasteiger charge is 2.31. The van der Waals surface area contributed by atoms with Gasteiger partial charge in [0.2, 0.25) is 5.91 Å². The summed E-state index contributed by atoms with van der Waals surface area (Å²) in [5.74, 6) is -0.426. The number of amides is 1. The van der Waals surface area contributed by atoms with Gasteiger partial charge in [0.25, 0.3) is 0 Å². The van der Waals surface area contributed by atoms with Crippen molar-refractivity contribution in [2.45, 2.75) is 31.7 Å². The summed E-state index contributed by atoms with van der Waals surface area (Å²) < 4.78 is 46.9. The highest BCUT2D eigenvalue weighted by atomic mass is 19.4. The van der Waals surface area contributed by atoms with E-state index in [0.717, 1.165) is 30.5 Å². The summed E-state index contributed by atoms with van der Waals surface area (Å²) >= 11 is 0. The number of nitrogens with zero attached hydrogens (tertiary/aromatic N) is 4. The Kier molecular flexibility index (Phi) is 7.05. The van der Waals surface area contributed by atoms with Crippen molar-refractivity contribution in [3.63, 3.8) is 0 Å². The maximum atomic E-state index is 13.3. The number of hydrogen-bond donors (Lipinski definition) is 1. The number of nitrogens with one attached hydrogen (secondary N) is 1. The summed E-state index contributed by atoms with van der Waals surface area (Å²) in [5, 5.41) is 6.62. The van der Waals surface area contributed by atoms with E-state index in [1.54, 1.807) is 0 Å². The predicted octanol–water partition coefficient (Wildman–Crippen LogP) is 3.91. The molecular formula is C23H24F3N5O2. The molecule has 1 N–H and O–H groups in total. The molecule has 1 saturated heterocycles. The maximum absolute atomic E-state index is 13.3. The van der Waals surface area contributed by atoms with E-state index in [-0.39, 0.29) is 18.3 Å². The number of ether oxygens (including phenoxy) is 1. The molecule has 4 rings (SSSR count). The Morgan fingerprint density at radius 1 is 1.21 bits per heavy atom. The lowest BCUT2D eigenvalue weighted by Gasteiger charge is -2.25. The number of aromatic nitrogens is 3. The Balaban J connectivity index is 1.53. The van der Waals surface area contributed by atoms with Crippen LogP contribution >= 0.6 is 0 Å². The molecule has 1 amide bonds. The van der Waals surface area contributed by atoms with Crippen molar-refractivity contribution < 1.29 is 22.7 Å². The number of benzene rings is 2. The normalized spacial score (nSPS) is 16.3. The van der Waals surface area contributed by atoms with Gasteiger partial charge in [-0.2, -0.15) is 18.3 Å². The number of halogens is 3. The molecule has 1 aliphatic rings. The summed E-state index contributed by atoms with van der Waals surface area (Å²) in [4.78, 5) is 18.7. The third kappa shape index (κ3) is 6.17. The molecule has 10 heteroatoms. The number of carbonyl (C=O) groups is 1. The van der Waals surface area contributed by atoms with Crippen molar-refractivity contribution in [3.05, 3.63) is 72.3 Å². The van der Waals surface area contributed by atoms with Crippen molar-refractivity contribution in [1.82, 2.24) is 19.7 Å². The smallest absolute Gasteiger partial charge is 0.377 e. The molecule has 2 heterocycles. The second-order valence-corrected chi connectivity index (χ2v) is 7.91. The second-order valence-electron chi connectivity index (χ2n) is 7.91. The average Bonchev–Trinajstić information content (AvgIpc) is 3.48. The minimum atomic E-state index is -4.54. The van der Waals surface area contributed by atoms with E-state index in [2.05, 4.69) is 15.4 Å². The number of rotatable bonds is 8. The van der Waals surface area contributed by atoms with Crippen molar-refractivity contribution in [1.29, 1.82) is 0 Å². The molecule has 1 unspecified atom stereocenters. The molecule has 33 heavy (non-hydrogen) atoms. The van der Waals surface area contributed by atoms with E-state index in [9.17, 15) is 18.0 Å². The second kappa shape index (κ2) is 10.1. The van der Waals surface area contributed by atoms with Gasteiger partial charge in [-0.25, -0.2) is 9.67 Å². The Labute approximate surface area is 189 Å². The SMILES string of the molecule is O=C(CN(Cc1ccccc1)CC1CCCO1)Nc1cc(C(F)(F)F)ccc1-n1cncn1. The lowest BCUT2D eigenvalue weighted by atomic mass is 10.1.